The minimum absolute atomic E-state index is 0.104. The van der Waals surface area contributed by atoms with Gasteiger partial charge in [-0.2, -0.15) is 0 Å². The molecular weight excluding hydrogens is 609 g/mol. The Morgan fingerprint density at radius 1 is 0.460 bits per heavy atom. The van der Waals surface area contributed by atoms with Crippen molar-refractivity contribution in [1.82, 2.24) is 9.97 Å². The van der Waals surface area contributed by atoms with Gasteiger partial charge in [0.05, 0.1) is 11.4 Å². The minimum atomic E-state index is -0.104. The molecule has 2 heterocycles. The lowest BCUT2D eigenvalue weighted by Crippen LogP contribution is -2.14. The van der Waals surface area contributed by atoms with E-state index >= 15 is 0 Å². The molecule has 3 nitrogen and oxygen atoms in total. The van der Waals surface area contributed by atoms with Gasteiger partial charge in [-0.1, -0.05) is 135 Å². The molecule has 1 aliphatic rings. The van der Waals surface area contributed by atoms with Crippen LogP contribution in [-0.4, -0.2) is 9.97 Å². The van der Waals surface area contributed by atoms with Gasteiger partial charge in [0, 0.05) is 32.9 Å². The number of hydrogen-bond donors (Lipinski definition) is 0. The van der Waals surface area contributed by atoms with Crippen LogP contribution in [0.2, 0.25) is 0 Å². The molecule has 0 fully saturated rings. The SMILES string of the molecule is CC1(C)c2cc3ccccc3cc2-c2c(-c3cccc(-c4cc(-c5cccc6oc7ccccc7c56)nc(-c5ccccc5)n4)c3)cccc21. The second-order valence-corrected chi connectivity index (χ2v) is 13.8. The molecule has 0 amide bonds. The molecule has 0 saturated heterocycles. The van der Waals surface area contributed by atoms with E-state index in [1.165, 1.54) is 44.2 Å². The first-order chi connectivity index (χ1) is 24.5. The van der Waals surface area contributed by atoms with E-state index in [1.807, 2.05) is 42.5 Å². The van der Waals surface area contributed by atoms with Crippen LogP contribution in [0.1, 0.15) is 25.0 Å². The van der Waals surface area contributed by atoms with E-state index in [0.717, 1.165) is 50.0 Å². The Labute approximate surface area is 290 Å². The molecule has 7 aromatic carbocycles. The average molecular weight is 641 g/mol. The van der Waals surface area contributed by atoms with Gasteiger partial charge in [0.25, 0.3) is 0 Å². The monoisotopic (exact) mass is 640 g/mol. The number of benzene rings is 7. The second-order valence-electron chi connectivity index (χ2n) is 13.8. The van der Waals surface area contributed by atoms with Crippen LogP contribution in [0.5, 0.6) is 0 Å². The summed E-state index contributed by atoms with van der Waals surface area (Å²) >= 11 is 0. The lowest BCUT2D eigenvalue weighted by atomic mass is 9.81. The van der Waals surface area contributed by atoms with Crippen molar-refractivity contribution >= 4 is 32.7 Å². The zero-order valence-corrected chi connectivity index (χ0v) is 27.8. The third-order valence-corrected chi connectivity index (χ3v) is 10.5. The predicted molar refractivity (Wildman–Crippen MR) is 206 cm³/mol. The molecule has 0 saturated carbocycles. The van der Waals surface area contributed by atoms with Crippen molar-refractivity contribution in [1.29, 1.82) is 0 Å². The fourth-order valence-corrected chi connectivity index (χ4v) is 8.00. The van der Waals surface area contributed by atoms with Crippen LogP contribution in [0.15, 0.2) is 162 Å². The first kappa shape index (κ1) is 28.7. The molecule has 0 unspecified atom stereocenters. The number of nitrogens with zero attached hydrogens (tertiary/aromatic N) is 2. The van der Waals surface area contributed by atoms with Gasteiger partial charge in [0.15, 0.2) is 5.82 Å². The maximum Gasteiger partial charge on any atom is 0.160 e. The molecule has 0 N–H and O–H groups in total. The molecule has 2 aromatic heterocycles. The van der Waals surface area contributed by atoms with Crippen LogP contribution < -0.4 is 0 Å². The van der Waals surface area contributed by atoms with Crippen molar-refractivity contribution in [2.75, 3.05) is 0 Å². The molecule has 9 aromatic rings. The normalized spacial score (nSPS) is 13.2. The number of furan rings is 1. The number of hydrogen-bond acceptors (Lipinski definition) is 3. The van der Waals surface area contributed by atoms with Crippen molar-refractivity contribution in [2.45, 2.75) is 19.3 Å². The van der Waals surface area contributed by atoms with E-state index in [1.54, 1.807) is 0 Å². The summed E-state index contributed by atoms with van der Waals surface area (Å²) in [5.41, 5.74) is 14.2. The molecule has 0 radical (unpaired) electrons. The third kappa shape index (κ3) is 4.37. The van der Waals surface area contributed by atoms with Crippen molar-refractivity contribution in [2.24, 2.45) is 0 Å². The molecule has 0 bridgehead atoms. The first-order valence-electron chi connectivity index (χ1n) is 17.2. The van der Waals surface area contributed by atoms with E-state index in [9.17, 15) is 0 Å². The highest BCUT2D eigenvalue weighted by Crippen LogP contribution is 2.53. The summed E-state index contributed by atoms with van der Waals surface area (Å²) in [5, 5.41) is 4.69. The number of fused-ring (bicyclic) bond motifs is 7. The topological polar surface area (TPSA) is 38.9 Å². The Morgan fingerprint density at radius 3 is 2.00 bits per heavy atom. The fraction of sp³-hybridized carbons (Fsp3) is 0.0638. The van der Waals surface area contributed by atoms with Gasteiger partial charge < -0.3 is 4.42 Å². The third-order valence-electron chi connectivity index (χ3n) is 10.5. The Bertz CT molecular complexity index is 2790. The van der Waals surface area contributed by atoms with Gasteiger partial charge in [-0.15, -0.1) is 0 Å². The number of aromatic nitrogens is 2. The van der Waals surface area contributed by atoms with E-state index in [0.29, 0.717) is 5.82 Å². The van der Waals surface area contributed by atoms with Gasteiger partial charge in [-0.3, -0.25) is 0 Å². The average Bonchev–Trinajstić information content (AvgIpc) is 3.66. The molecule has 236 valence electrons. The number of para-hydroxylation sites is 1. The summed E-state index contributed by atoms with van der Waals surface area (Å²) in [7, 11) is 0. The van der Waals surface area contributed by atoms with Crippen molar-refractivity contribution < 1.29 is 4.42 Å². The van der Waals surface area contributed by atoms with E-state index in [4.69, 9.17) is 14.4 Å². The lowest BCUT2D eigenvalue weighted by molar-refractivity contribution is 0.661. The van der Waals surface area contributed by atoms with Crippen LogP contribution in [0.4, 0.5) is 0 Å². The van der Waals surface area contributed by atoms with Crippen molar-refractivity contribution in [3.05, 3.63) is 169 Å². The lowest BCUT2D eigenvalue weighted by Gasteiger charge is -2.22. The Morgan fingerprint density at radius 2 is 1.12 bits per heavy atom. The van der Waals surface area contributed by atoms with Crippen molar-refractivity contribution in [3.63, 3.8) is 0 Å². The van der Waals surface area contributed by atoms with E-state index in [2.05, 4.69) is 129 Å². The maximum atomic E-state index is 6.27. The molecule has 10 rings (SSSR count). The standard InChI is InChI=1S/C47H32N2O/c1-47(2)38-22-11-20-34(44(38)37-26-30-15-6-7-16-31(30)27-39(37)47)32-17-10-18-33(25-32)40-28-41(49-46(48-40)29-13-4-3-5-14-29)35-21-12-24-43-45(35)36-19-8-9-23-42(36)50-43/h3-28H,1-2H3. The maximum absolute atomic E-state index is 6.27. The van der Waals surface area contributed by atoms with Gasteiger partial charge in [0.1, 0.15) is 11.2 Å². The highest BCUT2D eigenvalue weighted by atomic mass is 16.3. The molecule has 0 atom stereocenters. The zero-order valence-electron chi connectivity index (χ0n) is 27.8. The smallest absolute Gasteiger partial charge is 0.160 e. The Balaban J connectivity index is 1.17. The molecule has 0 spiro atoms. The summed E-state index contributed by atoms with van der Waals surface area (Å²) in [6.07, 6.45) is 0. The van der Waals surface area contributed by atoms with Crippen LogP contribution in [0.25, 0.3) is 88.9 Å². The molecule has 1 aliphatic carbocycles. The van der Waals surface area contributed by atoms with Crippen LogP contribution in [0, 0.1) is 0 Å². The molecule has 0 aliphatic heterocycles. The van der Waals surface area contributed by atoms with Crippen LogP contribution >= 0.6 is 0 Å². The highest BCUT2D eigenvalue weighted by molar-refractivity contribution is 6.12. The van der Waals surface area contributed by atoms with Gasteiger partial charge in [0.2, 0.25) is 0 Å². The summed E-state index contributed by atoms with van der Waals surface area (Å²) < 4.78 is 6.27. The summed E-state index contributed by atoms with van der Waals surface area (Å²) in [6, 6.07) is 55.9. The van der Waals surface area contributed by atoms with E-state index in [-0.39, 0.29) is 5.41 Å². The van der Waals surface area contributed by atoms with Gasteiger partial charge in [-0.25, -0.2) is 9.97 Å². The largest absolute Gasteiger partial charge is 0.456 e. The minimum Gasteiger partial charge on any atom is -0.456 e. The second kappa shape index (κ2) is 10.8. The molecule has 50 heavy (non-hydrogen) atoms. The predicted octanol–water partition coefficient (Wildman–Crippen LogP) is 12.5. The quantitative estimate of drug-likeness (QED) is 0.192. The summed E-state index contributed by atoms with van der Waals surface area (Å²) in [6.45, 7) is 4.70. The van der Waals surface area contributed by atoms with Gasteiger partial charge >= 0.3 is 0 Å². The summed E-state index contributed by atoms with van der Waals surface area (Å²) in [4.78, 5) is 10.4. The highest BCUT2D eigenvalue weighted by Gasteiger charge is 2.37. The van der Waals surface area contributed by atoms with Crippen LogP contribution in [-0.2, 0) is 5.41 Å². The van der Waals surface area contributed by atoms with Crippen molar-refractivity contribution in [3.8, 4) is 56.2 Å². The Kier molecular flexibility index (Phi) is 6.22. The van der Waals surface area contributed by atoms with Crippen LogP contribution in [0.3, 0.4) is 0 Å². The number of rotatable bonds is 4. The van der Waals surface area contributed by atoms with Gasteiger partial charge in [-0.05, 0) is 80.6 Å². The summed E-state index contributed by atoms with van der Waals surface area (Å²) in [5.74, 6) is 0.691. The molecule has 3 heteroatoms. The fourth-order valence-electron chi connectivity index (χ4n) is 8.00. The molecular formula is C47H32N2O. The zero-order chi connectivity index (χ0) is 33.4. The van der Waals surface area contributed by atoms with E-state index < -0.39 is 0 Å². The first-order valence-corrected chi connectivity index (χ1v) is 17.2. The Hall–Kier alpha value is -6.32.